The van der Waals surface area contributed by atoms with Gasteiger partial charge in [0.05, 0.1) is 11.9 Å². The van der Waals surface area contributed by atoms with Crippen molar-refractivity contribution in [3.63, 3.8) is 0 Å². The molecular weight excluding hydrogens is 390 g/mol. The number of likely N-dealkylation sites (tertiary alicyclic amines) is 1. The highest BCUT2D eigenvalue weighted by Gasteiger charge is 2.27. The minimum Gasteiger partial charge on any atom is -0.507 e. The molecule has 2 saturated heterocycles. The summed E-state index contributed by atoms with van der Waals surface area (Å²) in [7, 11) is 0. The number of hydrogen-bond acceptors (Lipinski definition) is 6. The second-order valence-electron chi connectivity index (χ2n) is 8.83. The summed E-state index contributed by atoms with van der Waals surface area (Å²) in [4.78, 5) is 7.45. The average Bonchev–Trinajstić information content (AvgIpc) is 3.19. The van der Waals surface area contributed by atoms with Gasteiger partial charge in [0.1, 0.15) is 11.6 Å². The molecule has 164 valence electrons. The number of nitrogens with one attached hydrogen (secondary N) is 1. The van der Waals surface area contributed by atoms with E-state index in [4.69, 9.17) is 9.72 Å². The number of anilines is 1. The van der Waals surface area contributed by atoms with Crippen LogP contribution in [-0.4, -0.2) is 63.5 Å². The summed E-state index contributed by atoms with van der Waals surface area (Å²) in [6.45, 7) is 7.05. The number of aromatic nitrogens is 3. The molecule has 3 aromatic rings. The molecule has 0 spiro atoms. The van der Waals surface area contributed by atoms with E-state index in [2.05, 4.69) is 15.3 Å². The fourth-order valence-corrected chi connectivity index (χ4v) is 4.92. The number of fused-ring (bicyclic) bond motifs is 1. The Balaban J connectivity index is 1.35. The zero-order valence-electron chi connectivity index (χ0n) is 18.1. The zero-order chi connectivity index (χ0) is 21.2. The predicted octanol–water partition coefficient (Wildman–Crippen LogP) is 3.71. The van der Waals surface area contributed by atoms with Gasteiger partial charge in [-0.2, -0.15) is 9.61 Å². The number of hydrogen-bond donors (Lipinski definition) is 2. The van der Waals surface area contributed by atoms with E-state index in [-0.39, 0.29) is 5.75 Å². The van der Waals surface area contributed by atoms with E-state index in [1.165, 1.54) is 19.4 Å². The van der Waals surface area contributed by atoms with Crippen LogP contribution in [0.1, 0.15) is 31.2 Å². The molecule has 1 atom stereocenters. The first-order valence-corrected chi connectivity index (χ1v) is 11.4. The number of phenolic OH excluding ortho intramolecular Hbond substituents is 1. The van der Waals surface area contributed by atoms with Crippen LogP contribution in [0.25, 0.3) is 16.9 Å². The third-order valence-electron chi connectivity index (χ3n) is 6.66. The van der Waals surface area contributed by atoms with Crippen LogP contribution in [-0.2, 0) is 4.74 Å². The number of rotatable bonds is 5. The minimum absolute atomic E-state index is 0.238. The van der Waals surface area contributed by atoms with E-state index in [9.17, 15) is 5.11 Å². The van der Waals surface area contributed by atoms with Gasteiger partial charge in [-0.25, -0.2) is 4.98 Å². The van der Waals surface area contributed by atoms with Crippen molar-refractivity contribution < 1.29 is 9.84 Å². The largest absolute Gasteiger partial charge is 0.507 e. The van der Waals surface area contributed by atoms with Gasteiger partial charge in [0.2, 0.25) is 0 Å². The molecule has 5 rings (SSSR count). The van der Waals surface area contributed by atoms with Crippen molar-refractivity contribution in [1.29, 1.82) is 0 Å². The fraction of sp³-hybridized carbons (Fsp3) is 0.500. The summed E-state index contributed by atoms with van der Waals surface area (Å²) in [6.07, 6.45) is 6.64. The molecule has 2 aliphatic rings. The molecule has 0 amide bonds. The van der Waals surface area contributed by atoms with Crippen molar-refractivity contribution in [2.24, 2.45) is 5.92 Å². The molecule has 31 heavy (non-hydrogen) atoms. The quantitative estimate of drug-likeness (QED) is 0.654. The van der Waals surface area contributed by atoms with Crippen molar-refractivity contribution in [1.82, 2.24) is 19.5 Å². The minimum atomic E-state index is 0.238. The number of nitrogens with zero attached hydrogens (tertiary/aromatic N) is 4. The van der Waals surface area contributed by atoms with Gasteiger partial charge in [-0.3, -0.25) is 4.90 Å². The first kappa shape index (κ1) is 20.3. The number of para-hydroxylation sites is 1. The number of phenols is 1. The first-order chi connectivity index (χ1) is 15.2. The molecule has 2 aromatic heterocycles. The summed E-state index contributed by atoms with van der Waals surface area (Å²) < 4.78 is 7.42. The van der Waals surface area contributed by atoms with Gasteiger partial charge in [-0.15, -0.1) is 0 Å². The molecule has 0 aliphatic carbocycles. The van der Waals surface area contributed by atoms with Gasteiger partial charge in [0.25, 0.3) is 0 Å². The van der Waals surface area contributed by atoms with E-state index in [1.807, 2.05) is 41.9 Å². The molecule has 7 heteroatoms. The van der Waals surface area contributed by atoms with Crippen LogP contribution in [0.2, 0.25) is 0 Å². The predicted molar refractivity (Wildman–Crippen MR) is 121 cm³/mol. The Morgan fingerprint density at radius 2 is 2.03 bits per heavy atom. The molecule has 4 heterocycles. The van der Waals surface area contributed by atoms with E-state index >= 15 is 0 Å². The number of aromatic hydroxyl groups is 1. The van der Waals surface area contributed by atoms with E-state index < -0.39 is 0 Å². The summed E-state index contributed by atoms with van der Waals surface area (Å²) in [5.41, 5.74) is 3.32. The topological polar surface area (TPSA) is 74.9 Å². The maximum Gasteiger partial charge on any atom is 0.160 e. The van der Waals surface area contributed by atoms with Gasteiger partial charge in [0.15, 0.2) is 5.65 Å². The third-order valence-corrected chi connectivity index (χ3v) is 6.66. The lowest BCUT2D eigenvalue weighted by atomic mass is 9.94. The summed E-state index contributed by atoms with van der Waals surface area (Å²) in [6, 6.07) is 10.0. The lowest BCUT2D eigenvalue weighted by molar-refractivity contribution is 0.0190. The monoisotopic (exact) mass is 421 g/mol. The van der Waals surface area contributed by atoms with Crippen LogP contribution in [0.15, 0.2) is 36.5 Å². The van der Waals surface area contributed by atoms with Crippen LogP contribution in [0.5, 0.6) is 5.75 Å². The third kappa shape index (κ3) is 4.25. The first-order valence-electron chi connectivity index (χ1n) is 11.4. The Bertz CT molecular complexity index is 1040. The van der Waals surface area contributed by atoms with E-state index in [0.29, 0.717) is 12.0 Å². The highest BCUT2D eigenvalue weighted by atomic mass is 16.5. The van der Waals surface area contributed by atoms with Gasteiger partial charge in [0, 0.05) is 49.5 Å². The van der Waals surface area contributed by atoms with Gasteiger partial charge < -0.3 is 15.2 Å². The molecule has 1 unspecified atom stereocenters. The second kappa shape index (κ2) is 8.85. The Kier molecular flexibility index (Phi) is 5.78. The van der Waals surface area contributed by atoms with Gasteiger partial charge in [-0.05, 0) is 57.2 Å². The van der Waals surface area contributed by atoms with Crippen molar-refractivity contribution >= 4 is 11.5 Å². The lowest BCUT2D eigenvalue weighted by Gasteiger charge is -2.40. The Labute approximate surface area is 183 Å². The van der Waals surface area contributed by atoms with Crippen LogP contribution in [0, 0.1) is 12.8 Å². The molecular formula is C24H31N5O2. The molecule has 0 saturated carbocycles. The maximum absolute atomic E-state index is 10.3. The number of ether oxygens (including phenoxy) is 1. The molecule has 0 bridgehead atoms. The SMILES string of the molecule is Cc1cnn2c(NCC3CCCN(C4CCOCC4)C3)cc(-c3ccccc3O)nc12. The van der Waals surface area contributed by atoms with Gasteiger partial charge in [-0.1, -0.05) is 12.1 Å². The molecule has 1 aromatic carbocycles. The summed E-state index contributed by atoms with van der Waals surface area (Å²) in [5.74, 6) is 1.76. The zero-order valence-corrected chi connectivity index (χ0v) is 18.1. The molecule has 7 nitrogen and oxygen atoms in total. The van der Waals surface area contributed by atoms with Crippen molar-refractivity contribution in [2.45, 2.75) is 38.6 Å². The fourth-order valence-electron chi connectivity index (χ4n) is 4.92. The summed E-state index contributed by atoms with van der Waals surface area (Å²) >= 11 is 0. The van der Waals surface area contributed by atoms with Crippen molar-refractivity contribution in [3.8, 4) is 17.0 Å². The molecule has 2 aliphatic heterocycles. The van der Waals surface area contributed by atoms with Crippen LogP contribution in [0.3, 0.4) is 0 Å². The smallest absolute Gasteiger partial charge is 0.160 e. The highest BCUT2D eigenvalue weighted by Crippen LogP contribution is 2.30. The van der Waals surface area contributed by atoms with Crippen molar-refractivity contribution in [2.75, 3.05) is 38.2 Å². The average molecular weight is 422 g/mol. The maximum atomic E-state index is 10.3. The molecule has 0 radical (unpaired) electrons. The number of benzene rings is 1. The van der Waals surface area contributed by atoms with Gasteiger partial charge >= 0.3 is 0 Å². The lowest BCUT2D eigenvalue weighted by Crippen LogP contribution is -2.46. The molecule has 2 N–H and O–H groups in total. The number of aryl methyl sites for hydroxylation is 1. The number of piperidine rings is 1. The van der Waals surface area contributed by atoms with Crippen molar-refractivity contribution in [3.05, 3.63) is 42.1 Å². The Morgan fingerprint density at radius 1 is 1.19 bits per heavy atom. The Hall–Kier alpha value is -2.64. The Morgan fingerprint density at radius 3 is 2.87 bits per heavy atom. The standard InChI is InChI=1S/C24H31N5O2/c1-17-14-26-29-23(13-21(27-24(17)29)20-6-2-3-7-22(20)30)25-15-18-5-4-10-28(16-18)19-8-11-31-12-9-19/h2-3,6-7,13-14,18-19,25,30H,4-5,8-12,15-16H2,1H3. The van der Waals surface area contributed by atoms with Crippen LogP contribution < -0.4 is 5.32 Å². The van der Waals surface area contributed by atoms with E-state index in [1.54, 1.807) is 6.07 Å². The van der Waals surface area contributed by atoms with Crippen LogP contribution in [0.4, 0.5) is 5.82 Å². The van der Waals surface area contributed by atoms with Crippen LogP contribution >= 0.6 is 0 Å². The highest BCUT2D eigenvalue weighted by molar-refractivity contribution is 5.72. The van der Waals surface area contributed by atoms with E-state index in [0.717, 1.165) is 67.4 Å². The second-order valence-corrected chi connectivity index (χ2v) is 8.83. The molecule has 2 fully saturated rings. The normalized spacial score (nSPS) is 20.9. The summed E-state index contributed by atoms with van der Waals surface area (Å²) in [5, 5.41) is 18.5.